The van der Waals surface area contributed by atoms with Crippen LogP contribution in [-0.4, -0.2) is 20.2 Å². The zero-order chi connectivity index (χ0) is 15.7. The average Bonchev–Trinajstić information content (AvgIpc) is 2.50. The molecule has 0 unspecified atom stereocenters. The zero-order valence-corrected chi connectivity index (χ0v) is 11.2. The van der Waals surface area contributed by atoms with Crippen molar-refractivity contribution in [3.63, 3.8) is 0 Å². The lowest BCUT2D eigenvalue weighted by atomic mass is 10.1. The van der Waals surface area contributed by atoms with Crippen LogP contribution in [0.1, 0.15) is 0 Å². The van der Waals surface area contributed by atoms with Gasteiger partial charge < -0.3 is 10.2 Å². The smallest absolute Gasteiger partial charge is 0.242 e. The van der Waals surface area contributed by atoms with Gasteiger partial charge in [-0.05, 0) is 24.3 Å². The van der Waals surface area contributed by atoms with Crippen molar-refractivity contribution < 1.29 is 19.0 Å². The fourth-order valence-corrected chi connectivity index (χ4v) is 2.09. The Morgan fingerprint density at radius 3 is 1.45 bits per heavy atom. The fourth-order valence-electron chi connectivity index (χ4n) is 2.09. The van der Waals surface area contributed by atoms with Gasteiger partial charge in [-0.25, -0.2) is 4.98 Å². The molecule has 0 saturated heterocycles. The van der Waals surface area contributed by atoms with Crippen molar-refractivity contribution in [2.75, 3.05) is 0 Å². The van der Waals surface area contributed by atoms with Crippen LogP contribution in [0, 0.1) is 11.9 Å². The normalized spacial score (nSPS) is 10.6. The number of phenols is 2. The molecule has 0 radical (unpaired) electrons. The van der Waals surface area contributed by atoms with E-state index in [0.717, 1.165) is 0 Å². The summed E-state index contributed by atoms with van der Waals surface area (Å²) < 4.78 is 27.9. The van der Waals surface area contributed by atoms with E-state index in [9.17, 15) is 19.0 Å². The topological polar surface area (TPSA) is 66.2 Å². The van der Waals surface area contributed by atoms with Crippen LogP contribution in [0.25, 0.3) is 22.5 Å². The molecule has 22 heavy (non-hydrogen) atoms. The van der Waals surface area contributed by atoms with E-state index < -0.39 is 11.9 Å². The van der Waals surface area contributed by atoms with Crippen molar-refractivity contribution in [2.24, 2.45) is 0 Å². The van der Waals surface area contributed by atoms with Crippen molar-refractivity contribution >= 4 is 0 Å². The SMILES string of the molecule is Oc1ccccc1-c1nc(-c2ccccc2O)c(F)nc1F. The van der Waals surface area contributed by atoms with E-state index in [1.165, 1.54) is 24.3 Å². The fraction of sp³-hybridized carbons (Fsp3) is 0. The lowest BCUT2D eigenvalue weighted by Crippen LogP contribution is -2.01. The van der Waals surface area contributed by atoms with Crippen LogP contribution in [0.5, 0.6) is 11.5 Å². The summed E-state index contributed by atoms with van der Waals surface area (Å²) >= 11 is 0. The van der Waals surface area contributed by atoms with Crippen LogP contribution in [0.2, 0.25) is 0 Å². The maximum atomic E-state index is 13.9. The molecule has 3 rings (SSSR count). The first-order valence-corrected chi connectivity index (χ1v) is 6.37. The number of hydrogen-bond donors (Lipinski definition) is 2. The Balaban J connectivity index is 2.25. The van der Waals surface area contributed by atoms with Crippen molar-refractivity contribution in [3.05, 3.63) is 60.4 Å². The maximum absolute atomic E-state index is 13.9. The molecule has 0 fully saturated rings. The van der Waals surface area contributed by atoms with Crippen LogP contribution < -0.4 is 0 Å². The number of para-hydroxylation sites is 2. The lowest BCUT2D eigenvalue weighted by Gasteiger charge is -2.09. The van der Waals surface area contributed by atoms with Gasteiger partial charge in [0.2, 0.25) is 11.9 Å². The first-order chi connectivity index (χ1) is 10.6. The quantitative estimate of drug-likeness (QED) is 0.760. The summed E-state index contributed by atoms with van der Waals surface area (Å²) in [6.45, 7) is 0. The first-order valence-electron chi connectivity index (χ1n) is 6.37. The molecule has 1 heterocycles. The Labute approximate surface area is 124 Å². The maximum Gasteiger partial charge on any atom is 0.242 e. The van der Waals surface area contributed by atoms with E-state index in [1.54, 1.807) is 24.3 Å². The van der Waals surface area contributed by atoms with E-state index in [4.69, 9.17) is 0 Å². The minimum absolute atomic E-state index is 0.0872. The van der Waals surface area contributed by atoms with Crippen molar-refractivity contribution in [1.29, 1.82) is 0 Å². The molecular formula is C16H10F2N2O2. The molecule has 0 aliphatic heterocycles. The molecule has 2 N–H and O–H groups in total. The standard InChI is InChI=1S/C16H10F2N2O2/c17-15-13(9-5-1-3-7-11(9)21)19-14(16(18)20-15)10-6-2-4-8-12(10)22/h1-8,21-22H. The Bertz CT molecular complexity index is 787. The largest absolute Gasteiger partial charge is 0.507 e. The van der Waals surface area contributed by atoms with E-state index in [1.807, 2.05) is 0 Å². The summed E-state index contributed by atoms with van der Waals surface area (Å²) in [5.74, 6) is -2.69. The van der Waals surface area contributed by atoms with Gasteiger partial charge in [0, 0.05) is 11.1 Å². The highest BCUT2D eigenvalue weighted by molar-refractivity contribution is 5.72. The van der Waals surface area contributed by atoms with E-state index >= 15 is 0 Å². The first kappa shape index (κ1) is 13.9. The van der Waals surface area contributed by atoms with Gasteiger partial charge in [-0.1, -0.05) is 24.3 Å². The average molecular weight is 300 g/mol. The Morgan fingerprint density at radius 2 is 1.05 bits per heavy atom. The zero-order valence-electron chi connectivity index (χ0n) is 11.2. The molecule has 4 nitrogen and oxygen atoms in total. The van der Waals surface area contributed by atoms with Gasteiger partial charge in [-0.15, -0.1) is 0 Å². The molecule has 1 aromatic heterocycles. The number of rotatable bonds is 2. The molecule has 0 bridgehead atoms. The van der Waals surface area contributed by atoms with E-state index in [2.05, 4.69) is 9.97 Å². The highest BCUT2D eigenvalue weighted by Gasteiger charge is 2.19. The summed E-state index contributed by atoms with van der Waals surface area (Å²) in [6, 6.07) is 11.9. The molecule has 110 valence electrons. The molecule has 0 aliphatic rings. The van der Waals surface area contributed by atoms with Crippen molar-refractivity contribution in [2.45, 2.75) is 0 Å². The van der Waals surface area contributed by atoms with Crippen molar-refractivity contribution in [1.82, 2.24) is 9.97 Å². The minimum atomic E-state index is -1.14. The Morgan fingerprint density at radius 1 is 0.636 bits per heavy atom. The van der Waals surface area contributed by atoms with Gasteiger partial charge in [-0.2, -0.15) is 13.8 Å². The van der Waals surface area contributed by atoms with Crippen LogP contribution in [0.15, 0.2) is 48.5 Å². The molecule has 3 aromatic rings. The van der Waals surface area contributed by atoms with E-state index in [-0.39, 0.29) is 34.0 Å². The summed E-state index contributed by atoms with van der Waals surface area (Å²) in [7, 11) is 0. The number of nitrogens with zero attached hydrogens (tertiary/aromatic N) is 2. The van der Waals surface area contributed by atoms with E-state index in [0.29, 0.717) is 0 Å². The summed E-state index contributed by atoms with van der Waals surface area (Å²) in [4.78, 5) is 7.09. The molecule has 0 aliphatic carbocycles. The molecule has 2 aromatic carbocycles. The van der Waals surface area contributed by atoms with Gasteiger partial charge in [0.15, 0.2) is 0 Å². The van der Waals surface area contributed by atoms with Gasteiger partial charge in [-0.3, -0.25) is 0 Å². The predicted octanol–water partition coefficient (Wildman–Crippen LogP) is 3.50. The number of halogens is 2. The molecule has 0 atom stereocenters. The van der Waals surface area contributed by atoms with Crippen LogP contribution in [-0.2, 0) is 0 Å². The monoisotopic (exact) mass is 300 g/mol. The molecular weight excluding hydrogens is 290 g/mol. The number of phenolic OH excluding ortho intramolecular Hbond substituents is 2. The summed E-state index contributed by atoms with van der Waals surface area (Å²) in [5, 5.41) is 19.6. The Hall–Kier alpha value is -3.02. The van der Waals surface area contributed by atoms with Crippen LogP contribution in [0.3, 0.4) is 0 Å². The number of benzene rings is 2. The highest BCUT2D eigenvalue weighted by Crippen LogP contribution is 2.33. The summed E-state index contributed by atoms with van der Waals surface area (Å²) in [6.07, 6.45) is 0. The number of hydrogen-bond acceptors (Lipinski definition) is 4. The number of aromatic hydroxyl groups is 2. The third kappa shape index (κ3) is 2.35. The molecule has 0 amide bonds. The highest BCUT2D eigenvalue weighted by atomic mass is 19.1. The number of aromatic nitrogens is 2. The van der Waals surface area contributed by atoms with Gasteiger partial charge in [0.05, 0.1) is 0 Å². The third-order valence-electron chi connectivity index (χ3n) is 3.13. The second-order valence-corrected chi connectivity index (χ2v) is 4.54. The van der Waals surface area contributed by atoms with Crippen LogP contribution >= 0.6 is 0 Å². The van der Waals surface area contributed by atoms with Gasteiger partial charge in [0.1, 0.15) is 22.9 Å². The second kappa shape index (κ2) is 5.40. The lowest BCUT2D eigenvalue weighted by molar-refractivity contribution is 0.472. The van der Waals surface area contributed by atoms with Crippen molar-refractivity contribution in [3.8, 4) is 34.0 Å². The van der Waals surface area contributed by atoms with Gasteiger partial charge in [0.25, 0.3) is 0 Å². The molecule has 0 saturated carbocycles. The minimum Gasteiger partial charge on any atom is -0.507 e. The Kier molecular flexibility index (Phi) is 3.42. The van der Waals surface area contributed by atoms with Gasteiger partial charge >= 0.3 is 0 Å². The summed E-state index contributed by atoms with van der Waals surface area (Å²) in [5.41, 5.74) is -0.413. The van der Waals surface area contributed by atoms with Crippen LogP contribution in [0.4, 0.5) is 8.78 Å². The second-order valence-electron chi connectivity index (χ2n) is 4.54. The third-order valence-corrected chi connectivity index (χ3v) is 3.13. The predicted molar refractivity (Wildman–Crippen MR) is 76.1 cm³/mol. The molecule has 6 heteroatoms. The molecule has 0 spiro atoms.